The highest BCUT2D eigenvalue weighted by atomic mass is 16.5. The predicted molar refractivity (Wildman–Crippen MR) is 121 cm³/mol. The van der Waals surface area contributed by atoms with Crippen molar-refractivity contribution in [2.24, 2.45) is 7.05 Å². The van der Waals surface area contributed by atoms with Crippen molar-refractivity contribution in [3.05, 3.63) is 90.0 Å². The minimum absolute atomic E-state index is 0.277. The molecule has 0 radical (unpaired) electrons. The Labute approximate surface area is 181 Å². The van der Waals surface area contributed by atoms with Crippen LogP contribution in [0.5, 0.6) is 5.75 Å². The fourth-order valence-electron chi connectivity index (χ4n) is 2.86. The number of nitrogens with one attached hydrogen (secondary N) is 1. The summed E-state index contributed by atoms with van der Waals surface area (Å²) in [7, 11) is 3.38. The summed E-state index contributed by atoms with van der Waals surface area (Å²) >= 11 is 0. The highest BCUT2D eigenvalue weighted by Gasteiger charge is 2.15. The number of rotatable bonds is 4. The number of carbonyl (C=O) groups is 1. The monoisotopic (exact) mass is 415 g/mol. The predicted octanol–water partition coefficient (Wildman–Crippen LogP) is 4.44. The molecule has 2 aromatic heterocycles. The first-order valence-corrected chi connectivity index (χ1v) is 9.75. The van der Waals surface area contributed by atoms with Crippen LogP contribution in [-0.2, 0) is 7.05 Å². The number of aryl methyl sites for hydroxylation is 3. The SMILES string of the molecule is COc1ccc(-c2cnn(C)c2)cc1C(=O)Nc1ccnnc1.Cc1ccccc1C. The second-order valence-corrected chi connectivity index (χ2v) is 6.99. The fourth-order valence-corrected chi connectivity index (χ4v) is 2.86. The molecule has 0 unspecified atom stereocenters. The van der Waals surface area contributed by atoms with E-state index in [0.29, 0.717) is 17.0 Å². The van der Waals surface area contributed by atoms with Crippen LogP contribution in [-0.4, -0.2) is 33.0 Å². The molecule has 31 heavy (non-hydrogen) atoms. The zero-order valence-corrected chi connectivity index (χ0v) is 18.0. The first-order valence-electron chi connectivity index (χ1n) is 9.75. The molecule has 4 aromatic rings. The Balaban J connectivity index is 0.000000287. The number of ether oxygens (including phenoxy) is 1. The van der Waals surface area contributed by atoms with Crippen LogP contribution in [0.2, 0.25) is 0 Å². The molecule has 7 heteroatoms. The van der Waals surface area contributed by atoms with Gasteiger partial charge >= 0.3 is 0 Å². The molecule has 1 N–H and O–H groups in total. The van der Waals surface area contributed by atoms with Crippen LogP contribution in [0, 0.1) is 13.8 Å². The molecule has 0 spiro atoms. The van der Waals surface area contributed by atoms with E-state index in [4.69, 9.17) is 4.74 Å². The van der Waals surface area contributed by atoms with E-state index in [2.05, 4.69) is 58.7 Å². The number of hydrogen-bond donors (Lipinski definition) is 1. The molecule has 0 aliphatic heterocycles. The van der Waals surface area contributed by atoms with E-state index < -0.39 is 0 Å². The largest absolute Gasteiger partial charge is 0.496 e. The molecule has 158 valence electrons. The van der Waals surface area contributed by atoms with Gasteiger partial charge in [0.25, 0.3) is 5.91 Å². The maximum atomic E-state index is 12.5. The van der Waals surface area contributed by atoms with Crippen molar-refractivity contribution >= 4 is 11.6 Å². The Kier molecular flexibility index (Phi) is 7.11. The number of aromatic nitrogens is 4. The topological polar surface area (TPSA) is 81.9 Å². The molecule has 0 saturated carbocycles. The van der Waals surface area contributed by atoms with E-state index in [9.17, 15) is 4.79 Å². The molecule has 2 aromatic carbocycles. The van der Waals surface area contributed by atoms with Crippen molar-refractivity contribution in [2.45, 2.75) is 13.8 Å². The number of carbonyl (C=O) groups excluding carboxylic acids is 1. The average Bonchev–Trinajstić information content (AvgIpc) is 3.23. The Bertz CT molecular complexity index is 1130. The lowest BCUT2D eigenvalue weighted by atomic mass is 10.0. The molecule has 0 fully saturated rings. The normalized spacial score (nSPS) is 10.1. The lowest BCUT2D eigenvalue weighted by molar-refractivity contribution is 0.102. The van der Waals surface area contributed by atoms with Crippen LogP contribution in [0.15, 0.2) is 73.3 Å². The standard InChI is InChI=1S/C16H15N5O2.C8H10/c1-21-10-12(8-19-21)11-3-4-15(23-2)14(7-11)16(22)20-13-5-6-17-18-9-13;1-7-5-3-4-6-8(7)2/h3-10H,1-2H3,(H,17,20,22);3-6H,1-2H3. The van der Waals surface area contributed by atoms with E-state index in [0.717, 1.165) is 11.1 Å². The number of anilines is 1. The van der Waals surface area contributed by atoms with Gasteiger partial charge in [-0.1, -0.05) is 30.3 Å². The molecule has 4 rings (SSSR count). The average molecular weight is 415 g/mol. The van der Waals surface area contributed by atoms with Crippen LogP contribution in [0.3, 0.4) is 0 Å². The summed E-state index contributed by atoms with van der Waals surface area (Å²) < 4.78 is 7.00. The number of nitrogens with zero attached hydrogens (tertiary/aromatic N) is 4. The van der Waals surface area contributed by atoms with Gasteiger partial charge in [0.05, 0.1) is 37.0 Å². The van der Waals surface area contributed by atoms with Gasteiger partial charge in [0.2, 0.25) is 0 Å². The van der Waals surface area contributed by atoms with E-state index in [-0.39, 0.29) is 5.91 Å². The zero-order chi connectivity index (χ0) is 22.2. The van der Waals surface area contributed by atoms with Crippen LogP contribution < -0.4 is 10.1 Å². The van der Waals surface area contributed by atoms with Gasteiger partial charge in [0.1, 0.15) is 5.75 Å². The van der Waals surface area contributed by atoms with E-state index in [1.807, 2.05) is 19.3 Å². The summed E-state index contributed by atoms with van der Waals surface area (Å²) in [5.41, 5.74) is 5.55. The van der Waals surface area contributed by atoms with E-state index >= 15 is 0 Å². The highest BCUT2D eigenvalue weighted by molar-refractivity contribution is 6.06. The molecule has 2 heterocycles. The molecule has 0 aliphatic rings. The number of hydrogen-bond acceptors (Lipinski definition) is 5. The van der Waals surface area contributed by atoms with Gasteiger partial charge in [-0.2, -0.15) is 15.3 Å². The number of methoxy groups -OCH3 is 1. The minimum Gasteiger partial charge on any atom is -0.496 e. The molecule has 7 nitrogen and oxygen atoms in total. The molecule has 0 aliphatic carbocycles. The number of benzene rings is 2. The molecular weight excluding hydrogens is 390 g/mol. The Morgan fingerprint density at radius 3 is 2.26 bits per heavy atom. The van der Waals surface area contributed by atoms with Crippen LogP contribution in [0.25, 0.3) is 11.1 Å². The Morgan fingerprint density at radius 1 is 0.968 bits per heavy atom. The molecular formula is C24H25N5O2. The molecule has 0 atom stereocenters. The molecule has 0 saturated heterocycles. The van der Waals surface area contributed by atoms with Crippen molar-refractivity contribution in [1.82, 2.24) is 20.0 Å². The first-order chi connectivity index (χ1) is 15.0. The van der Waals surface area contributed by atoms with Gasteiger partial charge in [-0.25, -0.2) is 0 Å². The second-order valence-electron chi connectivity index (χ2n) is 6.99. The van der Waals surface area contributed by atoms with Gasteiger partial charge in [-0.15, -0.1) is 0 Å². The van der Waals surface area contributed by atoms with Gasteiger partial charge in [-0.05, 0) is 48.7 Å². The Morgan fingerprint density at radius 2 is 1.71 bits per heavy atom. The lowest BCUT2D eigenvalue weighted by Gasteiger charge is -2.10. The fraction of sp³-hybridized carbons (Fsp3) is 0.167. The van der Waals surface area contributed by atoms with Crippen LogP contribution in [0.4, 0.5) is 5.69 Å². The van der Waals surface area contributed by atoms with Gasteiger partial charge in [0, 0.05) is 18.8 Å². The third-order valence-electron chi connectivity index (χ3n) is 4.75. The second kappa shape index (κ2) is 10.2. The smallest absolute Gasteiger partial charge is 0.259 e. The molecule has 1 amide bonds. The first kappa shape index (κ1) is 21.7. The van der Waals surface area contributed by atoms with Crippen molar-refractivity contribution < 1.29 is 9.53 Å². The summed E-state index contributed by atoms with van der Waals surface area (Å²) in [6.07, 6.45) is 6.63. The van der Waals surface area contributed by atoms with Crippen LogP contribution in [0.1, 0.15) is 21.5 Å². The van der Waals surface area contributed by atoms with Gasteiger partial charge in [0.15, 0.2) is 0 Å². The van der Waals surface area contributed by atoms with E-state index in [1.54, 1.807) is 29.1 Å². The van der Waals surface area contributed by atoms with Crippen molar-refractivity contribution in [2.75, 3.05) is 12.4 Å². The lowest BCUT2D eigenvalue weighted by Crippen LogP contribution is -2.13. The maximum Gasteiger partial charge on any atom is 0.259 e. The number of amides is 1. The zero-order valence-electron chi connectivity index (χ0n) is 18.0. The summed E-state index contributed by atoms with van der Waals surface area (Å²) in [6, 6.07) is 15.5. The van der Waals surface area contributed by atoms with Gasteiger partial charge in [-0.3, -0.25) is 9.48 Å². The summed E-state index contributed by atoms with van der Waals surface area (Å²) in [5.74, 6) is 0.220. The van der Waals surface area contributed by atoms with Crippen molar-refractivity contribution in [3.63, 3.8) is 0 Å². The van der Waals surface area contributed by atoms with E-state index in [1.165, 1.54) is 30.6 Å². The third-order valence-corrected chi connectivity index (χ3v) is 4.75. The summed E-state index contributed by atoms with van der Waals surface area (Å²) in [6.45, 7) is 4.24. The molecule has 0 bridgehead atoms. The summed E-state index contributed by atoms with van der Waals surface area (Å²) in [4.78, 5) is 12.5. The minimum atomic E-state index is -0.277. The van der Waals surface area contributed by atoms with Crippen LogP contribution >= 0.6 is 0 Å². The quantitative estimate of drug-likeness (QED) is 0.533. The van der Waals surface area contributed by atoms with Crippen molar-refractivity contribution in [3.8, 4) is 16.9 Å². The highest BCUT2D eigenvalue weighted by Crippen LogP contribution is 2.27. The van der Waals surface area contributed by atoms with Crippen molar-refractivity contribution in [1.29, 1.82) is 0 Å². The summed E-state index contributed by atoms with van der Waals surface area (Å²) in [5, 5.41) is 14.3. The van der Waals surface area contributed by atoms with Gasteiger partial charge < -0.3 is 10.1 Å². The maximum absolute atomic E-state index is 12.5. The Hall–Kier alpha value is -4.00. The third kappa shape index (κ3) is 5.76.